The number of halogens is 2. The lowest BCUT2D eigenvalue weighted by molar-refractivity contribution is 0.0964. The van der Waals surface area contributed by atoms with Gasteiger partial charge in [0.25, 0.3) is 5.91 Å². The minimum absolute atomic E-state index is 0.100. The van der Waals surface area contributed by atoms with Crippen LogP contribution in [0.25, 0.3) is 22.0 Å². The van der Waals surface area contributed by atoms with Crippen LogP contribution in [0.2, 0.25) is 0 Å². The molecular weight excluding hydrogens is 286 g/mol. The van der Waals surface area contributed by atoms with Crippen LogP contribution in [-0.2, 0) is 0 Å². The second kappa shape index (κ2) is 5.52. The van der Waals surface area contributed by atoms with Crippen LogP contribution in [0.1, 0.15) is 10.4 Å². The highest BCUT2D eigenvalue weighted by molar-refractivity contribution is 6.06. The summed E-state index contributed by atoms with van der Waals surface area (Å²) in [5.41, 5.74) is 1.25. The fourth-order valence-corrected chi connectivity index (χ4v) is 2.41. The first kappa shape index (κ1) is 14.1. The van der Waals surface area contributed by atoms with E-state index in [2.05, 4.69) is 10.3 Å². The third-order valence-electron chi connectivity index (χ3n) is 3.47. The van der Waals surface area contributed by atoms with Crippen LogP contribution in [0, 0.1) is 11.6 Å². The summed E-state index contributed by atoms with van der Waals surface area (Å²) in [6.45, 7) is 0. The molecule has 0 aliphatic carbocycles. The number of aromatic nitrogens is 1. The number of amides is 1. The fraction of sp³-hybridized carbons (Fsp3) is 0.0588. The van der Waals surface area contributed by atoms with E-state index in [0.717, 1.165) is 0 Å². The fourth-order valence-electron chi connectivity index (χ4n) is 2.41. The van der Waals surface area contributed by atoms with E-state index in [4.69, 9.17) is 0 Å². The maximum absolute atomic E-state index is 13.9. The third kappa shape index (κ3) is 2.30. The van der Waals surface area contributed by atoms with Crippen LogP contribution >= 0.6 is 0 Å². The summed E-state index contributed by atoms with van der Waals surface area (Å²) in [5.74, 6) is -1.51. The molecule has 3 nitrogen and oxygen atoms in total. The van der Waals surface area contributed by atoms with E-state index >= 15 is 0 Å². The Labute approximate surface area is 125 Å². The number of nitrogens with zero attached hydrogens (tertiary/aromatic N) is 1. The van der Waals surface area contributed by atoms with Gasteiger partial charge in [-0.1, -0.05) is 18.2 Å². The highest BCUT2D eigenvalue weighted by atomic mass is 19.1. The molecule has 0 aliphatic heterocycles. The quantitative estimate of drug-likeness (QED) is 0.786. The molecule has 0 bridgehead atoms. The van der Waals surface area contributed by atoms with E-state index in [0.29, 0.717) is 22.0 Å². The smallest absolute Gasteiger partial charge is 0.251 e. The predicted octanol–water partition coefficient (Wildman–Crippen LogP) is 3.54. The normalized spacial score (nSPS) is 10.7. The first-order chi connectivity index (χ1) is 10.6. The first-order valence-electron chi connectivity index (χ1n) is 6.67. The van der Waals surface area contributed by atoms with E-state index in [1.807, 2.05) is 0 Å². The highest BCUT2D eigenvalue weighted by Gasteiger charge is 2.14. The molecule has 22 heavy (non-hydrogen) atoms. The number of benzene rings is 2. The van der Waals surface area contributed by atoms with E-state index < -0.39 is 11.6 Å². The number of nitrogens with one attached hydrogen (secondary N) is 1. The van der Waals surface area contributed by atoms with Gasteiger partial charge < -0.3 is 5.32 Å². The monoisotopic (exact) mass is 298 g/mol. The number of hydrogen-bond donors (Lipinski definition) is 1. The van der Waals surface area contributed by atoms with Gasteiger partial charge in [0.15, 0.2) is 0 Å². The van der Waals surface area contributed by atoms with Crippen molar-refractivity contribution in [2.24, 2.45) is 0 Å². The Balaban J connectivity index is 2.22. The van der Waals surface area contributed by atoms with Gasteiger partial charge in [-0.2, -0.15) is 0 Å². The minimum atomic E-state index is -0.637. The Morgan fingerprint density at radius 2 is 1.82 bits per heavy atom. The van der Waals surface area contributed by atoms with Crippen LogP contribution in [0.3, 0.4) is 0 Å². The molecule has 0 radical (unpaired) electrons. The second-order valence-electron chi connectivity index (χ2n) is 4.77. The van der Waals surface area contributed by atoms with Crippen LogP contribution in [-0.4, -0.2) is 17.9 Å². The van der Waals surface area contributed by atoms with Gasteiger partial charge in [0.2, 0.25) is 0 Å². The Morgan fingerprint density at radius 3 is 2.50 bits per heavy atom. The Morgan fingerprint density at radius 1 is 1.09 bits per heavy atom. The first-order valence-corrected chi connectivity index (χ1v) is 6.67. The van der Waals surface area contributed by atoms with E-state index in [9.17, 15) is 13.6 Å². The summed E-state index contributed by atoms with van der Waals surface area (Å²) in [5, 5.41) is 3.18. The lowest BCUT2D eigenvalue weighted by Gasteiger charge is -2.08. The molecule has 1 heterocycles. The molecular formula is C17H12F2N2O. The van der Waals surface area contributed by atoms with Crippen LogP contribution in [0.5, 0.6) is 0 Å². The molecule has 0 atom stereocenters. The van der Waals surface area contributed by atoms with Gasteiger partial charge in [0.1, 0.15) is 11.6 Å². The van der Waals surface area contributed by atoms with E-state index in [-0.39, 0.29) is 11.5 Å². The van der Waals surface area contributed by atoms with Crippen molar-refractivity contribution in [3.63, 3.8) is 0 Å². The summed E-state index contributed by atoms with van der Waals surface area (Å²) in [7, 11) is 1.54. The predicted molar refractivity (Wildman–Crippen MR) is 80.5 cm³/mol. The van der Waals surface area contributed by atoms with Gasteiger partial charge in [0.05, 0.1) is 16.6 Å². The molecule has 0 fully saturated rings. The Hall–Kier alpha value is -2.82. The van der Waals surface area contributed by atoms with Gasteiger partial charge in [-0.15, -0.1) is 0 Å². The SMILES string of the molecule is CNC(=O)c1ccnc2cc(-c3c(F)cccc3F)ccc12. The van der Waals surface area contributed by atoms with E-state index in [1.165, 1.54) is 31.4 Å². The van der Waals surface area contributed by atoms with Gasteiger partial charge in [-0.25, -0.2) is 8.78 Å². The molecule has 110 valence electrons. The van der Waals surface area contributed by atoms with Crippen molar-refractivity contribution in [3.05, 3.63) is 65.9 Å². The molecule has 1 N–H and O–H groups in total. The summed E-state index contributed by atoms with van der Waals surface area (Å²) in [6.07, 6.45) is 1.49. The minimum Gasteiger partial charge on any atom is -0.355 e. The Kier molecular flexibility index (Phi) is 3.55. The van der Waals surface area contributed by atoms with Gasteiger partial charge in [-0.05, 0) is 29.8 Å². The number of pyridine rings is 1. The topological polar surface area (TPSA) is 42.0 Å². The van der Waals surface area contributed by atoms with E-state index in [1.54, 1.807) is 24.3 Å². The lowest BCUT2D eigenvalue weighted by Crippen LogP contribution is -2.18. The molecule has 0 aliphatic rings. The second-order valence-corrected chi connectivity index (χ2v) is 4.77. The number of carbonyl (C=O) groups is 1. The molecule has 2 aromatic carbocycles. The van der Waals surface area contributed by atoms with Crippen molar-refractivity contribution in [1.29, 1.82) is 0 Å². The standard InChI is InChI=1S/C17H12F2N2O/c1-20-17(22)12-7-8-21-15-9-10(5-6-11(12)15)16-13(18)3-2-4-14(16)19/h2-9H,1H3,(H,20,22). The number of fused-ring (bicyclic) bond motifs is 1. The van der Waals surface area contributed by atoms with Gasteiger partial charge in [0, 0.05) is 18.6 Å². The van der Waals surface area contributed by atoms with Crippen molar-refractivity contribution in [1.82, 2.24) is 10.3 Å². The lowest BCUT2D eigenvalue weighted by atomic mass is 10.0. The van der Waals surface area contributed by atoms with Crippen molar-refractivity contribution in [2.45, 2.75) is 0 Å². The zero-order valence-corrected chi connectivity index (χ0v) is 11.7. The molecule has 0 spiro atoms. The number of hydrogen-bond acceptors (Lipinski definition) is 2. The van der Waals surface area contributed by atoms with Crippen LogP contribution in [0.15, 0.2) is 48.7 Å². The van der Waals surface area contributed by atoms with Crippen LogP contribution < -0.4 is 5.32 Å². The van der Waals surface area contributed by atoms with Crippen LogP contribution in [0.4, 0.5) is 8.78 Å². The molecule has 1 amide bonds. The molecule has 3 rings (SSSR count). The maximum atomic E-state index is 13.9. The zero-order chi connectivity index (χ0) is 15.7. The molecule has 0 saturated heterocycles. The zero-order valence-electron chi connectivity index (χ0n) is 11.7. The van der Waals surface area contributed by atoms with Gasteiger partial charge in [-0.3, -0.25) is 9.78 Å². The third-order valence-corrected chi connectivity index (χ3v) is 3.47. The molecule has 0 unspecified atom stereocenters. The number of rotatable bonds is 2. The molecule has 0 saturated carbocycles. The summed E-state index contributed by atoms with van der Waals surface area (Å²) in [6, 6.07) is 10.1. The summed E-state index contributed by atoms with van der Waals surface area (Å²) >= 11 is 0. The molecule has 1 aromatic heterocycles. The summed E-state index contributed by atoms with van der Waals surface area (Å²) < 4.78 is 27.7. The van der Waals surface area contributed by atoms with Gasteiger partial charge >= 0.3 is 0 Å². The van der Waals surface area contributed by atoms with Crippen molar-refractivity contribution >= 4 is 16.8 Å². The molecule has 5 heteroatoms. The average molecular weight is 298 g/mol. The Bertz CT molecular complexity index is 857. The highest BCUT2D eigenvalue weighted by Crippen LogP contribution is 2.29. The van der Waals surface area contributed by atoms with Crippen molar-refractivity contribution in [2.75, 3.05) is 7.05 Å². The average Bonchev–Trinajstić information content (AvgIpc) is 2.53. The largest absolute Gasteiger partial charge is 0.355 e. The van der Waals surface area contributed by atoms with Crippen molar-refractivity contribution < 1.29 is 13.6 Å². The molecule has 3 aromatic rings. The maximum Gasteiger partial charge on any atom is 0.251 e. The summed E-state index contributed by atoms with van der Waals surface area (Å²) in [4.78, 5) is 16.0. The number of carbonyl (C=O) groups excluding carboxylic acids is 1. The van der Waals surface area contributed by atoms with Crippen molar-refractivity contribution in [3.8, 4) is 11.1 Å².